The Morgan fingerprint density at radius 2 is 2.00 bits per heavy atom. The molecule has 0 aliphatic carbocycles. The first-order chi connectivity index (χ1) is 11.4. The maximum absolute atomic E-state index is 11.5. The molecule has 2 rings (SSSR count). The van der Waals surface area contributed by atoms with Gasteiger partial charge in [-0.2, -0.15) is 0 Å². The average molecular weight is 337 g/mol. The van der Waals surface area contributed by atoms with Crippen LogP contribution in [-0.2, 0) is 4.74 Å². The summed E-state index contributed by atoms with van der Waals surface area (Å²) in [6.07, 6.45) is 0.458. The summed E-state index contributed by atoms with van der Waals surface area (Å²) in [5, 5.41) is 29.1. The Hall–Kier alpha value is -2.12. The molecule has 1 fully saturated rings. The van der Waals surface area contributed by atoms with E-state index in [2.05, 4.69) is 4.74 Å². The molecule has 24 heavy (non-hydrogen) atoms. The fourth-order valence-corrected chi connectivity index (χ4v) is 3.18. The van der Waals surface area contributed by atoms with Crippen LogP contribution in [0.1, 0.15) is 47.6 Å². The van der Waals surface area contributed by atoms with Crippen molar-refractivity contribution in [3.8, 4) is 0 Å². The van der Waals surface area contributed by atoms with Gasteiger partial charge in [0.2, 0.25) is 0 Å². The summed E-state index contributed by atoms with van der Waals surface area (Å²) in [4.78, 5) is 24.3. The van der Waals surface area contributed by atoms with Crippen LogP contribution in [0.3, 0.4) is 0 Å². The maximum Gasteiger partial charge on any atom is 0.407 e. The molecule has 0 aromatic heterocycles. The Kier molecular flexibility index (Phi) is 5.80. The number of hydrogen-bond acceptors (Lipinski definition) is 5. The number of methoxy groups -OCH3 is 1. The molecule has 1 heterocycles. The number of carbonyl (C=O) groups excluding carboxylic acids is 1. The lowest BCUT2D eigenvalue weighted by Gasteiger charge is -2.43. The zero-order valence-electron chi connectivity index (χ0n) is 13.6. The van der Waals surface area contributed by atoms with Crippen molar-refractivity contribution in [1.82, 2.24) is 4.90 Å². The van der Waals surface area contributed by atoms with E-state index in [4.69, 9.17) is 5.11 Å². The predicted molar refractivity (Wildman–Crippen MR) is 85.8 cm³/mol. The van der Waals surface area contributed by atoms with E-state index in [1.54, 1.807) is 24.3 Å². The molecular weight excluding hydrogens is 314 g/mol. The topological polar surface area (TPSA) is 107 Å². The molecule has 132 valence electrons. The first-order valence-corrected chi connectivity index (χ1v) is 7.91. The van der Waals surface area contributed by atoms with Crippen molar-refractivity contribution in [3.05, 3.63) is 35.4 Å². The number of benzene rings is 1. The van der Waals surface area contributed by atoms with Gasteiger partial charge >= 0.3 is 12.1 Å². The molecule has 0 spiro atoms. The second-order valence-corrected chi connectivity index (χ2v) is 6.11. The molecule has 7 nitrogen and oxygen atoms in total. The number of carbonyl (C=O) groups is 2. The summed E-state index contributed by atoms with van der Waals surface area (Å²) in [6, 6.07) is 6.05. The fraction of sp³-hybridized carbons (Fsp3) is 0.529. The molecule has 1 aliphatic heterocycles. The number of aliphatic hydroxyl groups excluding tert-OH is 1. The molecule has 3 N–H and O–H groups in total. The van der Waals surface area contributed by atoms with Gasteiger partial charge < -0.3 is 25.0 Å². The summed E-state index contributed by atoms with van der Waals surface area (Å²) in [5.74, 6) is -0.459. The number of ether oxygens (including phenoxy) is 1. The van der Waals surface area contributed by atoms with Crippen LogP contribution in [0.2, 0.25) is 0 Å². The summed E-state index contributed by atoms with van der Waals surface area (Å²) < 4.78 is 4.65. The van der Waals surface area contributed by atoms with Crippen LogP contribution in [0.4, 0.5) is 4.79 Å². The second-order valence-electron chi connectivity index (χ2n) is 6.11. The maximum atomic E-state index is 11.5. The molecule has 1 amide bonds. The number of hydrogen-bond donors (Lipinski definition) is 3. The van der Waals surface area contributed by atoms with Crippen molar-refractivity contribution in [2.24, 2.45) is 0 Å². The first kappa shape index (κ1) is 18.2. The van der Waals surface area contributed by atoms with Gasteiger partial charge in [0.25, 0.3) is 0 Å². The monoisotopic (exact) mass is 337 g/mol. The van der Waals surface area contributed by atoms with Gasteiger partial charge in [-0.1, -0.05) is 12.1 Å². The average Bonchev–Trinajstić information content (AvgIpc) is 2.59. The molecular formula is C17H23NO6. The molecule has 7 heteroatoms. The van der Waals surface area contributed by atoms with Gasteiger partial charge in [0.15, 0.2) is 0 Å². The first-order valence-electron chi connectivity index (χ1n) is 7.91. The highest BCUT2D eigenvalue weighted by atomic mass is 16.5. The number of amides is 1. The van der Waals surface area contributed by atoms with Crippen molar-refractivity contribution in [3.63, 3.8) is 0 Å². The molecule has 1 unspecified atom stereocenters. The number of likely N-dealkylation sites (tertiary alicyclic amines) is 1. The third-order valence-corrected chi connectivity index (χ3v) is 4.53. The highest BCUT2D eigenvalue weighted by molar-refractivity contribution is 5.89. The zero-order valence-corrected chi connectivity index (χ0v) is 13.6. The van der Waals surface area contributed by atoms with Gasteiger partial charge in [-0.05, 0) is 37.0 Å². The Morgan fingerprint density at radius 1 is 1.33 bits per heavy atom. The number of nitrogens with zero attached hydrogens (tertiary/aromatic N) is 1. The largest absolute Gasteiger partial charge is 0.465 e. The minimum absolute atomic E-state index is 0.0105. The van der Waals surface area contributed by atoms with Crippen LogP contribution in [0.5, 0.6) is 0 Å². The number of piperidine rings is 1. The molecule has 1 aromatic rings. The van der Waals surface area contributed by atoms with E-state index in [-0.39, 0.29) is 19.6 Å². The highest BCUT2D eigenvalue weighted by Gasteiger charge is 2.40. The van der Waals surface area contributed by atoms with Gasteiger partial charge in [0.1, 0.15) is 0 Å². The van der Waals surface area contributed by atoms with E-state index < -0.39 is 23.7 Å². The van der Waals surface area contributed by atoms with Crippen LogP contribution in [0.15, 0.2) is 24.3 Å². The van der Waals surface area contributed by atoms with E-state index in [9.17, 15) is 19.8 Å². The van der Waals surface area contributed by atoms with Crippen LogP contribution in [0.25, 0.3) is 0 Å². The minimum atomic E-state index is -1.04. The Balaban J connectivity index is 2.24. The van der Waals surface area contributed by atoms with Crippen molar-refractivity contribution in [2.75, 3.05) is 20.3 Å². The lowest BCUT2D eigenvalue weighted by molar-refractivity contribution is -0.0498. The number of rotatable bonds is 5. The van der Waals surface area contributed by atoms with Gasteiger partial charge in [0.05, 0.1) is 24.3 Å². The Morgan fingerprint density at radius 3 is 2.54 bits per heavy atom. The van der Waals surface area contributed by atoms with E-state index in [1.807, 2.05) is 0 Å². The predicted octanol–water partition coefficient (Wildman–Crippen LogP) is 1.79. The normalized spacial score (nSPS) is 23.8. The fourth-order valence-electron chi connectivity index (χ4n) is 3.18. The van der Waals surface area contributed by atoms with Crippen LogP contribution < -0.4 is 0 Å². The second kappa shape index (κ2) is 7.63. The van der Waals surface area contributed by atoms with Crippen LogP contribution in [-0.4, -0.2) is 58.1 Å². The quantitative estimate of drug-likeness (QED) is 0.707. The van der Waals surface area contributed by atoms with E-state index in [0.717, 1.165) is 0 Å². The molecule has 1 aromatic carbocycles. The molecule has 0 radical (unpaired) electrons. The molecule has 2 atom stereocenters. The van der Waals surface area contributed by atoms with E-state index in [0.29, 0.717) is 30.4 Å². The minimum Gasteiger partial charge on any atom is -0.465 e. The third kappa shape index (κ3) is 4.04. The zero-order chi connectivity index (χ0) is 17.7. The standard InChI is InChI=1S/C17H23NO6/c1-24-15(20)13-5-3-12(4-6-13)14-11-17(23,7-2-10-19)8-9-18(14)16(21)22/h3-6,14,19,23H,2,7-11H2,1H3,(H,21,22)/t14-,17?/m0/s1. The van der Waals surface area contributed by atoms with Gasteiger partial charge in [-0.15, -0.1) is 0 Å². The summed E-state index contributed by atoms with van der Waals surface area (Å²) in [6.45, 7) is 0.212. The van der Waals surface area contributed by atoms with Crippen molar-refractivity contribution < 1.29 is 29.6 Å². The van der Waals surface area contributed by atoms with Crippen LogP contribution in [0, 0.1) is 0 Å². The van der Waals surface area contributed by atoms with Crippen molar-refractivity contribution >= 4 is 12.1 Å². The van der Waals surface area contributed by atoms with E-state index in [1.165, 1.54) is 12.0 Å². The number of esters is 1. The molecule has 0 saturated carbocycles. The summed E-state index contributed by atoms with van der Waals surface area (Å²) in [7, 11) is 1.30. The molecule has 1 aliphatic rings. The number of aliphatic hydroxyl groups is 2. The van der Waals surface area contributed by atoms with Gasteiger partial charge in [-0.25, -0.2) is 9.59 Å². The highest BCUT2D eigenvalue weighted by Crippen LogP contribution is 2.39. The smallest absolute Gasteiger partial charge is 0.407 e. The lowest BCUT2D eigenvalue weighted by atomic mass is 9.80. The third-order valence-electron chi connectivity index (χ3n) is 4.53. The summed E-state index contributed by atoms with van der Waals surface area (Å²) in [5.41, 5.74) is 0.0991. The van der Waals surface area contributed by atoms with Gasteiger partial charge in [-0.3, -0.25) is 0 Å². The molecule has 0 bridgehead atoms. The number of carboxylic acid groups (broad SMARTS) is 1. The molecule has 1 saturated heterocycles. The van der Waals surface area contributed by atoms with Gasteiger partial charge in [0, 0.05) is 19.6 Å². The Labute approximate surface area is 140 Å². The lowest BCUT2D eigenvalue weighted by Crippen LogP contribution is -2.48. The van der Waals surface area contributed by atoms with Crippen molar-refractivity contribution in [2.45, 2.75) is 37.3 Å². The SMILES string of the molecule is COC(=O)c1ccc([C@@H]2CC(O)(CCCO)CCN2C(=O)O)cc1. The van der Waals surface area contributed by atoms with Crippen molar-refractivity contribution in [1.29, 1.82) is 0 Å². The van der Waals surface area contributed by atoms with E-state index >= 15 is 0 Å². The van der Waals surface area contributed by atoms with Crippen LogP contribution >= 0.6 is 0 Å². The summed E-state index contributed by atoms with van der Waals surface area (Å²) >= 11 is 0. The Bertz CT molecular complexity index is 587.